The molecule has 0 amide bonds. The first kappa shape index (κ1) is 12.4. The van der Waals surface area contributed by atoms with Gasteiger partial charge in [0.15, 0.2) is 0 Å². The monoisotopic (exact) mass is 235 g/mol. The summed E-state index contributed by atoms with van der Waals surface area (Å²) >= 11 is 0. The van der Waals surface area contributed by atoms with Crippen LogP contribution in [0.1, 0.15) is 18.1 Å². The molecule has 1 aromatic carbocycles. The Hall–Kier alpha value is -1.06. The minimum Gasteiger partial charge on any atom is -0.491 e. The molecule has 1 aliphatic rings. The molecule has 0 radical (unpaired) electrons. The van der Waals surface area contributed by atoms with Crippen LogP contribution in [-0.2, 0) is 4.74 Å². The van der Waals surface area contributed by atoms with Crippen molar-refractivity contribution < 1.29 is 9.47 Å². The third-order valence-electron chi connectivity index (χ3n) is 3.21. The minimum atomic E-state index is 0.152. The normalized spacial score (nSPS) is 24.6. The lowest BCUT2D eigenvalue weighted by molar-refractivity contribution is -0.0471. The van der Waals surface area contributed by atoms with Crippen molar-refractivity contribution in [3.63, 3.8) is 0 Å². The van der Waals surface area contributed by atoms with E-state index in [0.29, 0.717) is 6.61 Å². The third-order valence-corrected chi connectivity index (χ3v) is 3.21. The molecular weight excluding hydrogens is 214 g/mol. The molecule has 1 heterocycles. The summed E-state index contributed by atoms with van der Waals surface area (Å²) in [6, 6.07) is 6.14. The van der Waals surface area contributed by atoms with E-state index in [1.807, 2.05) is 12.1 Å². The summed E-state index contributed by atoms with van der Waals surface area (Å²) < 4.78 is 11.6. The van der Waals surface area contributed by atoms with Crippen molar-refractivity contribution in [3.05, 3.63) is 29.3 Å². The maximum absolute atomic E-state index is 5.84. The van der Waals surface area contributed by atoms with Crippen LogP contribution in [0, 0.1) is 13.8 Å². The smallest absolute Gasteiger partial charge is 0.122 e. The molecule has 2 atom stereocenters. The van der Waals surface area contributed by atoms with Gasteiger partial charge < -0.3 is 14.8 Å². The summed E-state index contributed by atoms with van der Waals surface area (Å²) in [5, 5.41) is 3.34. The fourth-order valence-corrected chi connectivity index (χ4v) is 2.03. The quantitative estimate of drug-likeness (QED) is 0.870. The molecular formula is C14H21NO2. The van der Waals surface area contributed by atoms with Crippen molar-refractivity contribution >= 4 is 0 Å². The third kappa shape index (κ3) is 3.20. The average Bonchev–Trinajstić information content (AvgIpc) is 2.31. The van der Waals surface area contributed by atoms with Crippen LogP contribution >= 0.6 is 0 Å². The van der Waals surface area contributed by atoms with Crippen LogP contribution in [0.5, 0.6) is 5.75 Å². The Morgan fingerprint density at radius 1 is 1.35 bits per heavy atom. The van der Waals surface area contributed by atoms with Gasteiger partial charge in [-0.05, 0) is 38.0 Å². The summed E-state index contributed by atoms with van der Waals surface area (Å²) in [5.74, 6) is 0.965. The highest BCUT2D eigenvalue weighted by atomic mass is 16.5. The Balaban J connectivity index is 1.91. The zero-order valence-electron chi connectivity index (χ0n) is 10.8. The van der Waals surface area contributed by atoms with Crippen LogP contribution < -0.4 is 10.1 Å². The fourth-order valence-electron chi connectivity index (χ4n) is 2.03. The lowest BCUT2D eigenvalue weighted by Gasteiger charge is -2.28. The summed E-state index contributed by atoms with van der Waals surface area (Å²) in [6.07, 6.45) is 0.426. The summed E-state index contributed by atoms with van der Waals surface area (Å²) in [6.45, 7) is 8.68. The Labute approximate surface area is 103 Å². The van der Waals surface area contributed by atoms with Crippen LogP contribution in [-0.4, -0.2) is 31.9 Å². The molecule has 1 saturated heterocycles. The van der Waals surface area contributed by atoms with Crippen molar-refractivity contribution in [1.29, 1.82) is 0 Å². The fraction of sp³-hybridized carbons (Fsp3) is 0.571. The molecule has 1 aromatic rings. The van der Waals surface area contributed by atoms with Crippen molar-refractivity contribution in [2.75, 3.05) is 19.7 Å². The van der Waals surface area contributed by atoms with Crippen LogP contribution in [0.4, 0.5) is 0 Å². The number of hydrogen-bond donors (Lipinski definition) is 1. The first-order valence-corrected chi connectivity index (χ1v) is 6.22. The Kier molecular flexibility index (Phi) is 4.02. The SMILES string of the molecule is Cc1cccc(OCC2CNCC(C)O2)c1C. The number of rotatable bonds is 3. The van der Waals surface area contributed by atoms with Gasteiger partial charge in [0.05, 0.1) is 6.10 Å². The Bertz CT molecular complexity index is 378. The standard InChI is InChI=1S/C14H21NO2/c1-10-5-4-6-14(12(10)3)16-9-13-8-15-7-11(2)17-13/h4-6,11,13,15H,7-9H2,1-3H3. The molecule has 3 heteroatoms. The number of nitrogens with one attached hydrogen (secondary N) is 1. The molecule has 94 valence electrons. The van der Waals surface area contributed by atoms with Gasteiger partial charge in [-0.1, -0.05) is 12.1 Å². The first-order valence-electron chi connectivity index (χ1n) is 6.22. The molecule has 1 aliphatic heterocycles. The van der Waals surface area contributed by atoms with E-state index in [2.05, 4.69) is 32.2 Å². The van der Waals surface area contributed by atoms with Gasteiger partial charge in [0, 0.05) is 13.1 Å². The molecule has 17 heavy (non-hydrogen) atoms. The average molecular weight is 235 g/mol. The Morgan fingerprint density at radius 2 is 2.18 bits per heavy atom. The van der Waals surface area contributed by atoms with Crippen LogP contribution in [0.15, 0.2) is 18.2 Å². The molecule has 1 fully saturated rings. The van der Waals surface area contributed by atoms with Gasteiger partial charge in [0.1, 0.15) is 18.5 Å². The first-order chi connectivity index (χ1) is 8.16. The maximum Gasteiger partial charge on any atom is 0.122 e. The van der Waals surface area contributed by atoms with Crippen LogP contribution in [0.25, 0.3) is 0 Å². The van der Waals surface area contributed by atoms with E-state index in [4.69, 9.17) is 9.47 Å². The molecule has 0 aliphatic carbocycles. The lowest BCUT2D eigenvalue weighted by atomic mass is 10.1. The van der Waals surface area contributed by atoms with Gasteiger partial charge in [0.2, 0.25) is 0 Å². The molecule has 0 aromatic heterocycles. The number of aryl methyl sites for hydroxylation is 1. The predicted octanol–water partition coefficient (Wildman–Crippen LogP) is 2.06. The highest BCUT2D eigenvalue weighted by Gasteiger charge is 2.19. The van der Waals surface area contributed by atoms with Crippen LogP contribution in [0.3, 0.4) is 0 Å². The zero-order valence-corrected chi connectivity index (χ0v) is 10.8. The van der Waals surface area contributed by atoms with Crippen molar-refractivity contribution in [1.82, 2.24) is 5.32 Å². The van der Waals surface area contributed by atoms with Crippen molar-refractivity contribution in [3.8, 4) is 5.75 Å². The summed E-state index contributed by atoms with van der Waals surface area (Å²) in [4.78, 5) is 0. The van der Waals surface area contributed by atoms with Gasteiger partial charge in [0.25, 0.3) is 0 Å². The number of ether oxygens (including phenoxy) is 2. The second kappa shape index (κ2) is 5.52. The summed E-state index contributed by atoms with van der Waals surface area (Å²) in [5.41, 5.74) is 2.47. The topological polar surface area (TPSA) is 30.5 Å². The summed E-state index contributed by atoms with van der Waals surface area (Å²) in [7, 11) is 0. The molecule has 0 saturated carbocycles. The van der Waals surface area contributed by atoms with E-state index in [1.54, 1.807) is 0 Å². The number of hydrogen-bond acceptors (Lipinski definition) is 3. The molecule has 2 rings (SSSR count). The Morgan fingerprint density at radius 3 is 2.94 bits per heavy atom. The van der Waals surface area contributed by atoms with Crippen molar-refractivity contribution in [2.45, 2.75) is 33.0 Å². The molecule has 2 unspecified atom stereocenters. The molecule has 0 bridgehead atoms. The number of benzene rings is 1. The van der Waals surface area contributed by atoms with E-state index >= 15 is 0 Å². The minimum absolute atomic E-state index is 0.152. The largest absolute Gasteiger partial charge is 0.491 e. The second-order valence-corrected chi connectivity index (χ2v) is 4.74. The highest BCUT2D eigenvalue weighted by Crippen LogP contribution is 2.21. The van der Waals surface area contributed by atoms with Gasteiger partial charge in [-0.3, -0.25) is 0 Å². The predicted molar refractivity (Wildman–Crippen MR) is 68.6 cm³/mol. The second-order valence-electron chi connectivity index (χ2n) is 4.74. The molecule has 0 spiro atoms. The van der Waals surface area contributed by atoms with Gasteiger partial charge in [-0.15, -0.1) is 0 Å². The van der Waals surface area contributed by atoms with E-state index in [1.165, 1.54) is 11.1 Å². The highest BCUT2D eigenvalue weighted by molar-refractivity contribution is 5.38. The van der Waals surface area contributed by atoms with Gasteiger partial charge >= 0.3 is 0 Å². The van der Waals surface area contributed by atoms with E-state index in [9.17, 15) is 0 Å². The van der Waals surface area contributed by atoms with E-state index < -0.39 is 0 Å². The maximum atomic E-state index is 5.84. The van der Waals surface area contributed by atoms with Gasteiger partial charge in [-0.25, -0.2) is 0 Å². The van der Waals surface area contributed by atoms with E-state index in [-0.39, 0.29) is 12.2 Å². The van der Waals surface area contributed by atoms with Gasteiger partial charge in [-0.2, -0.15) is 0 Å². The van der Waals surface area contributed by atoms with E-state index in [0.717, 1.165) is 18.8 Å². The molecule has 3 nitrogen and oxygen atoms in total. The van der Waals surface area contributed by atoms with Crippen LogP contribution in [0.2, 0.25) is 0 Å². The zero-order chi connectivity index (χ0) is 12.3. The molecule has 1 N–H and O–H groups in total. The number of morpholine rings is 1. The van der Waals surface area contributed by atoms with Crippen molar-refractivity contribution in [2.24, 2.45) is 0 Å². The lowest BCUT2D eigenvalue weighted by Crippen LogP contribution is -2.45.